The Bertz CT molecular complexity index is 1170. The molecule has 0 saturated heterocycles. The molecule has 1 aliphatic carbocycles. The van der Waals surface area contributed by atoms with Crippen LogP contribution in [0.3, 0.4) is 0 Å². The van der Waals surface area contributed by atoms with Crippen molar-refractivity contribution in [1.82, 2.24) is 9.88 Å². The Kier molecular flexibility index (Phi) is 5.24. The molecule has 0 radical (unpaired) electrons. The molecule has 2 aliphatic rings. The first-order chi connectivity index (χ1) is 15.4. The van der Waals surface area contributed by atoms with Crippen LogP contribution in [0.1, 0.15) is 50.0 Å². The Morgan fingerprint density at radius 2 is 1.97 bits per heavy atom. The average molecular weight is 452 g/mol. The van der Waals surface area contributed by atoms with Crippen LogP contribution in [0.2, 0.25) is 0 Å². The summed E-state index contributed by atoms with van der Waals surface area (Å²) in [4.78, 5) is 29.3. The molecular formula is C25H29N3O3S. The molecule has 168 valence electrons. The van der Waals surface area contributed by atoms with E-state index >= 15 is 0 Å². The lowest BCUT2D eigenvalue weighted by atomic mass is 9.86. The number of carbonyl (C=O) groups is 2. The second-order valence-electron chi connectivity index (χ2n) is 9.33. The summed E-state index contributed by atoms with van der Waals surface area (Å²) in [6.45, 7) is 4.55. The maximum Gasteiger partial charge on any atom is 0.275 e. The van der Waals surface area contributed by atoms with Crippen molar-refractivity contribution >= 4 is 39.1 Å². The highest BCUT2D eigenvalue weighted by Gasteiger charge is 2.49. The number of carbonyl (C=O) groups excluding carboxylic acids is 2. The zero-order chi connectivity index (χ0) is 22.5. The van der Waals surface area contributed by atoms with Gasteiger partial charge in [0.1, 0.15) is 17.0 Å². The molecule has 2 aromatic heterocycles. The van der Waals surface area contributed by atoms with Gasteiger partial charge in [-0.1, -0.05) is 13.0 Å². The van der Waals surface area contributed by atoms with Crippen LogP contribution in [0.25, 0.3) is 10.2 Å². The van der Waals surface area contributed by atoms with Crippen molar-refractivity contribution in [3.05, 3.63) is 47.5 Å². The second kappa shape index (κ2) is 7.96. The van der Waals surface area contributed by atoms with Gasteiger partial charge in [-0.05, 0) is 68.2 Å². The van der Waals surface area contributed by atoms with Crippen molar-refractivity contribution in [3.8, 4) is 5.75 Å². The van der Waals surface area contributed by atoms with Crippen molar-refractivity contribution in [1.29, 1.82) is 0 Å². The van der Waals surface area contributed by atoms with Crippen molar-refractivity contribution in [2.45, 2.75) is 57.7 Å². The van der Waals surface area contributed by atoms with Crippen LogP contribution in [0, 0.1) is 5.92 Å². The molecular weight excluding hydrogens is 422 g/mol. The van der Waals surface area contributed by atoms with Gasteiger partial charge in [-0.2, -0.15) is 0 Å². The van der Waals surface area contributed by atoms with E-state index in [1.54, 1.807) is 23.3 Å². The highest BCUT2D eigenvalue weighted by atomic mass is 32.1. The van der Waals surface area contributed by atoms with Gasteiger partial charge in [0.15, 0.2) is 0 Å². The molecule has 2 amide bonds. The first-order valence-corrected chi connectivity index (χ1v) is 12.1. The number of aromatic nitrogens is 1. The molecule has 1 atom stereocenters. The third-order valence-electron chi connectivity index (χ3n) is 7.06. The first-order valence-electron chi connectivity index (χ1n) is 11.3. The van der Waals surface area contributed by atoms with Gasteiger partial charge in [-0.3, -0.25) is 14.5 Å². The van der Waals surface area contributed by atoms with Gasteiger partial charge in [-0.25, -0.2) is 0 Å². The van der Waals surface area contributed by atoms with Crippen LogP contribution in [0.5, 0.6) is 5.75 Å². The lowest BCUT2D eigenvalue weighted by Gasteiger charge is -2.45. The number of ether oxygens (including phenoxy) is 1. The Morgan fingerprint density at radius 3 is 2.72 bits per heavy atom. The molecule has 1 aromatic carbocycles. The molecule has 5 rings (SSSR count). The monoisotopic (exact) mass is 451 g/mol. The highest BCUT2D eigenvalue weighted by molar-refractivity contribution is 7.17. The minimum atomic E-state index is -1.06. The van der Waals surface area contributed by atoms with E-state index in [4.69, 9.17) is 4.74 Å². The van der Waals surface area contributed by atoms with Crippen molar-refractivity contribution < 1.29 is 14.3 Å². The lowest BCUT2D eigenvalue weighted by Crippen LogP contribution is -2.65. The van der Waals surface area contributed by atoms with Gasteiger partial charge in [-0.15, -0.1) is 11.3 Å². The van der Waals surface area contributed by atoms with E-state index < -0.39 is 5.54 Å². The zero-order valence-electron chi connectivity index (χ0n) is 18.8. The number of nitrogens with one attached hydrogen (secondary N) is 1. The first kappa shape index (κ1) is 21.1. The molecule has 3 heterocycles. The number of hydrogen-bond donors (Lipinski definition) is 1. The van der Waals surface area contributed by atoms with E-state index in [2.05, 4.69) is 12.2 Å². The summed E-state index contributed by atoms with van der Waals surface area (Å²) in [6.07, 6.45) is 4.22. The van der Waals surface area contributed by atoms with Gasteiger partial charge in [0.05, 0.1) is 23.9 Å². The third-order valence-corrected chi connectivity index (χ3v) is 7.91. The average Bonchev–Trinajstić information content (AvgIpc) is 3.38. The number of amides is 2. The number of nitrogens with zero attached hydrogens (tertiary/aromatic N) is 2. The van der Waals surface area contributed by atoms with Gasteiger partial charge >= 0.3 is 0 Å². The molecule has 32 heavy (non-hydrogen) atoms. The number of benzene rings is 1. The Balaban J connectivity index is 1.57. The predicted molar refractivity (Wildman–Crippen MR) is 128 cm³/mol. The van der Waals surface area contributed by atoms with Crippen LogP contribution in [0.15, 0.2) is 41.8 Å². The summed E-state index contributed by atoms with van der Waals surface area (Å²) in [5, 5.41) is 5.31. The highest BCUT2D eigenvalue weighted by Crippen LogP contribution is 2.38. The maximum atomic E-state index is 13.8. The molecule has 0 bridgehead atoms. The Morgan fingerprint density at radius 1 is 1.19 bits per heavy atom. The van der Waals surface area contributed by atoms with Gasteiger partial charge in [0, 0.05) is 17.8 Å². The summed E-state index contributed by atoms with van der Waals surface area (Å²) >= 11 is 1.61. The quantitative estimate of drug-likeness (QED) is 0.618. The van der Waals surface area contributed by atoms with Crippen molar-refractivity contribution in [2.24, 2.45) is 5.92 Å². The van der Waals surface area contributed by atoms with Crippen LogP contribution >= 0.6 is 11.3 Å². The van der Waals surface area contributed by atoms with Crippen LogP contribution in [-0.2, 0) is 11.3 Å². The maximum absolute atomic E-state index is 13.8. The SMILES string of the molecule is COc1cccc(N2C(=O)c3cc4sccc4n3CC2(C)C(=O)NC2CCC(C)CC2)c1. The molecule has 0 spiro atoms. The summed E-state index contributed by atoms with van der Waals surface area (Å²) in [5.41, 5.74) is 1.23. The largest absolute Gasteiger partial charge is 0.497 e. The molecule has 6 nitrogen and oxygen atoms in total. The van der Waals surface area contributed by atoms with Crippen molar-refractivity contribution in [2.75, 3.05) is 12.0 Å². The van der Waals surface area contributed by atoms with E-state index in [9.17, 15) is 9.59 Å². The molecule has 1 saturated carbocycles. The third kappa shape index (κ3) is 3.39. The number of rotatable bonds is 4. The Labute approximate surface area is 192 Å². The number of fused-ring (bicyclic) bond motifs is 3. The Hall–Kier alpha value is -2.80. The minimum absolute atomic E-state index is 0.101. The molecule has 7 heteroatoms. The number of methoxy groups -OCH3 is 1. The summed E-state index contributed by atoms with van der Waals surface area (Å²) in [6, 6.07) is 11.5. The summed E-state index contributed by atoms with van der Waals surface area (Å²) < 4.78 is 8.47. The fraction of sp³-hybridized carbons (Fsp3) is 0.440. The summed E-state index contributed by atoms with van der Waals surface area (Å²) in [7, 11) is 1.60. The van der Waals surface area contributed by atoms with E-state index in [0.717, 1.165) is 35.9 Å². The normalized spacial score (nSPS) is 25.6. The topological polar surface area (TPSA) is 63.6 Å². The van der Waals surface area contributed by atoms with Gasteiger partial charge in [0.25, 0.3) is 5.91 Å². The minimum Gasteiger partial charge on any atom is -0.497 e. The predicted octanol–water partition coefficient (Wildman–Crippen LogP) is 4.83. The van der Waals surface area contributed by atoms with Gasteiger partial charge in [0.2, 0.25) is 5.91 Å². The second-order valence-corrected chi connectivity index (χ2v) is 10.3. The van der Waals surface area contributed by atoms with E-state index in [1.165, 1.54) is 0 Å². The summed E-state index contributed by atoms with van der Waals surface area (Å²) in [5.74, 6) is 1.10. The van der Waals surface area contributed by atoms with E-state index in [1.807, 2.05) is 53.3 Å². The van der Waals surface area contributed by atoms with E-state index in [-0.39, 0.29) is 17.9 Å². The van der Waals surface area contributed by atoms with Crippen LogP contribution in [-0.4, -0.2) is 35.1 Å². The molecule has 1 fully saturated rings. The van der Waals surface area contributed by atoms with Gasteiger partial charge < -0.3 is 14.6 Å². The molecule has 1 N–H and O–H groups in total. The lowest BCUT2D eigenvalue weighted by molar-refractivity contribution is -0.127. The molecule has 1 unspecified atom stereocenters. The number of anilines is 1. The fourth-order valence-electron chi connectivity index (χ4n) is 5.11. The van der Waals surface area contributed by atoms with Crippen LogP contribution in [0.4, 0.5) is 5.69 Å². The smallest absolute Gasteiger partial charge is 0.275 e. The van der Waals surface area contributed by atoms with Crippen LogP contribution < -0.4 is 15.0 Å². The zero-order valence-corrected chi connectivity index (χ0v) is 19.6. The van der Waals surface area contributed by atoms with E-state index in [0.29, 0.717) is 29.6 Å². The van der Waals surface area contributed by atoms with Crippen molar-refractivity contribution in [3.63, 3.8) is 0 Å². The number of thiophene rings is 1. The molecule has 1 aliphatic heterocycles. The standard InChI is InChI=1S/C25H29N3O3S/c1-16-7-9-17(10-8-16)26-24(30)25(2)15-27-20-11-12-32-22(20)14-21(27)23(29)28(25)18-5-4-6-19(13-18)31-3/h4-6,11-14,16-17H,7-10,15H2,1-3H3,(H,26,30). The fourth-order valence-corrected chi connectivity index (χ4v) is 5.93. The molecule has 3 aromatic rings. The number of hydrogen-bond acceptors (Lipinski definition) is 4.